The topological polar surface area (TPSA) is 137 Å². The number of amides is 2. The first-order valence-electron chi connectivity index (χ1n) is 9.50. The van der Waals surface area contributed by atoms with E-state index in [0.717, 1.165) is 25.9 Å². The maximum absolute atomic E-state index is 11.3. The third-order valence-electron chi connectivity index (χ3n) is 4.35. The maximum atomic E-state index is 11.3. The molecule has 1 aromatic heterocycles. The van der Waals surface area contributed by atoms with E-state index in [2.05, 4.69) is 33.9 Å². The number of primary amides is 1. The molecule has 0 unspecified atom stereocenters. The molecule has 3 rings (SSSR count). The Morgan fingerprint density at radius 3 is 2.23 bits per heavy atom. The molecule has 0 aliphatic carbocycles. The fraction of sp³-hybridized carbons (Fsp3) is 0.318. The van der Waals surface area contributed by atoms with Gasteiger partial charge in [-0.1, -0.05) is 11.8 Å². The van der Waals surface area contributed by atoms with Crippen molar-refractivity contribution in [1.29, 1.82) is 0 Å². The van der Waals surface area contributed by atoms with E-state index < -0.39 is 5.91 Å². The zero-order chi connectivity index (χ0) is 22.8. The number of ether oxygens (including phenoxy) is 2. The van der Waals surface area contributed by atoms with Crippen molar-refractivity contribution in [1.82, 2.24) is 15.1 Å². The predicted octanol–water partition coefficient (Wildman–Crippen LogP) is 1.14. The molecule has 1 aliphatic heterocycles. The number of hydrogen-bond acceptors (Lipinski definition) is 6. The van der Waals surface area contributed by atoms with Crippen molar-refractivity contribution >= 4 is 17.6 Å². The van der Waals surface area contributed by atoms with E-state index in [0.29, 0.717) is 17.1 Å². The first kappa shape index (κ1) is 23.2. The molecule has 1 saturated heterocycles. The summed E-state index contributed by atoms with van der Waals surface area (Å²) in [6.07, 6.45) is 2.27. The average molecular weight is 423 g/mol. The summed E-state index contributed by atoms with van der Waals surface area (Å²) in [5.74, 6) is 11.3. The number of benzene rings is 1. The van der Waals surface area contributed by atoms with E-state index in [-0.39, 0.29) is 23.0 Å². The van der Waals surface area contributed by atoms with Gasteiger partial charge in [-0.25, -0.2) is 0 Å². The lowest BCUT2D eigenvalue weighted by Crippen LogP contribution is -2.25. The molecule has 2 amide bonds. The molecule has 1 aromatic carbocycles. The molecule has 2 aromatic rings. The number of nitrogens with zero attached hydrogens (tertiary/aromatic N) is 2. The van der Waals surface area contributed by atoms with Crippen molar-refractivity contribution in [3.63, 3.8) is 0 Å². The van der Waals surface area contributed by atoms with Crippen LogP contribution in [-0.4, -0.2) is 54.2 Å². The van der Waals surface area contributed by atoms with Gasteiger partial charge in [-0.05, 0) is 43.7 Å². The molecule has 0 saturated carbocycles. The molecule has 1 aliphatic rings. The van der Waals surface area contributed by atoms with E-state index in [4.69, 9.17) is 20.9 Å². The van der Waals surface area contributed by atoms with Crippen LogP contribution >= 0.6 is 0 Å². The highest BCUT2D eigenvalue weighted by atomic mass is 16.5. The van der Waals surface area contributed by atoms with Gasteiger partial charge in [-0.3, -0.25) is 14.7 Å². The van der Waals surface area contributed by atoms with Crippen LogP contribution in [0.15, 0.2) is 18.2 Å². The minimum absolute atomic E-state index is 0.0139. The lowest BCUT2D eigenvalue weighted by atomic mass is 10.1. The van der Waals surface area contributed by atoms with Gasteiger partial charge in [0.2, 0.25) is 0 Å². The highest BCUT2D eigenvalue weighted by molar-refractivity contribution is 5.99. The van der Waals surface area contributed by atoms with Crippen LogP contribution in [-0.2, 0) is 4.79 Å². The third-order valence-corrected chi connectivity index (χ3v) is 4.35. The van der Waals surface area contributed by atoms with Crippen molar-refractivity contribution in [2.75, 3.05) is 33.0 Å². The van der Waals surface area contributed by atoms with Gasteiger partial charge in [0, 0.05) is 24.7 Å². The number of aromatic nitrogens is 2. The van der Waals surface area contributed by atoms with E-state index in [1.54, 1.807) is 44.2 Å². The fourth-order valence-corrected chi connectivity index (χ4v) is 2.82. The van der Waals surface area contributed by atoms with E-state index in [9.17, 15) is 9.59 Å². The summed E-state index contributed by atoms with van der Waals surface area (Å²) >= 11 is 0. The summed E-state index contributed by atoms with van der Waals surface area (Å²) < 4.78 is 10.3. The zero-order valence-corrected chi connectivity index (χ0v) is 17.7. The van der Waals surface area contributed by atoms with Crippen molar-refractivity contribution in [2.45, 2.75) is 19.8 Å². The standard InChI is InChI=1S/C14H14N4O3.C8H11NO/c1-20-9-5-8(6-10(7-9)21-2)3-4-11-12(14(16)19)13(15)18-17-11;1-2-5-8(10)9-6-3-4-7-9/h5-7H,1-2H3,(H2,16,19)(H3,15,17,18);3-4,6-7H2,1H3. The largest absolute Gasteiger partial charge is 0.497 e. The van der Waals surface area contributed by atoms with Gasteiger partial charge in [0.05, 0.1) is 14.2 Å². The zero-order valence-electron chi connectivity index (χ0n) is 17.7. The smallest absolute Gasteiger partial charge is 0.298 e. The number of nitrogens with two attached hydrogens (primary N) is 2. The van der Waals surface area contributed by atoms with E-state index in [1.807, 2.05) is 0 Å². The molecule has 1 fully saturated rings. The van der Waals surface area contributed by atoms with Crippen LogP contribution in [0.25, 0.3) is 0 Å². The molecule has 5 N–H and O–H groups in total. The molecule has 0 spiro atoms. The molecular weight excluding hydrogens is 398 g/mol. The highest BCUT2D eigenvalue weighted by Crippen LogP contribution is 2.22. The number of carbonyl (C=O) groups is 2. The summed E-state index contributed by atoms with van der Waals surface area (Å²) in [6.45, 7) is 3.48. The number of nitrogens with one attached hydrogen (secondary N) is 1. The monoisotopic (exact) mass is 423 g/mol. The van der Waals surface area contributed by atoms with Crippen LogP contribution in [0.1, 0.15) is 41.4 Å². The second kappa shape index (κ2) is 11.2. The predicted molar refractivity (Wildman–Crippen MR) is 116 cm³/mol. The molecule has 0 bridgehead atoms. The molecule has 9 nitrogen and oxygen atoms in total. The Morgan fingerprint density at radius 2 is 1.71 bits per heavy atom. The quantitative estimate of drug-likeness (QED) is 0.633. The van der Waals surface area contributed by atoms with Gasteiger partial charge in [0.15, 0.2) is 5.82 Å². The SMILES string of the molecule is CC#CC(=O)N1CCCC1.COc1cc(C#Cc2[nH]nc(N)c2C(N)=O)cc(OC)c1. The highest BCUT2D eigenvalue weighted by Gasteiger charge is 2.15. The average Bonchev–Trinajstić information content (AvgIpc) is 3.42. The minimum Gasteiger partial charge on any atom is -0.497 e. The van der Waals surface area contributed by atoms with Gasteiger partial charge in [-0.2, -0.15) is 5.10 Å². The van der Waals surface area contributed by atoms with E-state index >= 15 is 0 Å². The van der Waals surface area contributed by atoms with Crippen LogP contribution in [0.3, 0.4) is 0 Å². The number of carbonyl (C=O) groups excluding carboxylic acids is 2. The second-order valence-electron chi connectivity index (χ2n) is 6.45. The Labute approximate surface area is 181 Å². The molecule has 0 atom stereocenters. The minimum atomic E-state index is -0.686. The summed E-state index contributed by atoms with van der Waals surface area (Å²) in [7, 11) is 3.10. The van der Waals surface area contributed by atoms with Gasteiger partial charge < -0.3 is 25.8 Å². The Hall–Kier alpha value is -4.11. The normalized spacial score (nSPS) is 11.8. The lowest BCUT2D eigenvalue weighted by Gasteiger charge is -2.09. The van der Waals surface area contributed by atoms with Crippen molar-refractivity contribution in [2.24, 2.45) is 5.73 Å². The Balaban J connectivity index is 0.000000285. The Bertz CT molecular complexity index is 1040. The van der Waals surface area contributed by atoms with Gasteiger partial charge in [0.1, 0.15) is 22.8 Å². The van der Waals surface area contributed by atoms with Gasteiger partial charge in [-0.15, -0.1) is 0 Å². The van der Waals surface area contributed by atoms with Gasteiger partial charge >= 0.3 is 0 Å². The number of aromatic amines is 1. The number of anilines is 1. The van der Waals surface area contributed by atoms with Crippen LogP contribution in [0.2, 0.25) is 0 Å². The summed E-state index contributed by atoms with van der Waals surface area (Å²) in [5, 5.41) is 6.29. The lowest BCUT2D eigenvalue weighted by molar-refractivity contribution is -0.124. The number of rotatable bonds is 3. The van der Waals surface area contributed by atoms with Crippen molar-refractivity contribution < 1.29 is 19.1 Å². The molecule has 0 radical (unpaired) electrons. The number of hydrogen-bond donors (Lipinski definition) is 3. The van der Waals surface area contributed by atoms with Crippen LogP contribution in [0, 0.1) is 23.7 Å². The van der Waals surface area contributed by atoms with Crippen LogP contribution in [0.5, 0.6) is 11.5 Å². The number of methoxy groups -OCH3 is 2. The van der Waals surface area contributed by atoms with Gasteiger partial charge in [0.25, 0.3) is 11.8 Å². The van der Waals surface area contributed by atoms with Crippen molar-refractivity contribution in [3.8, 4) is 35.2 Å². The summed E-state index contributed by atoms with van der Waals surface area (Å²) in [5.41, 5.74) is 11.8. The van der Waals surface area contributed by atoms with Crippen LogP contribution < -0.4 is 20.9 Å². The Morgan fingerprint density at radius 1 is 1.10 bits per heavy atom. The molecule has 9 heteroatoms. The molecular formula is C22H25N5O4. The first-order valence-corrected chi connectivity index (χ1v) is 9.50. The van der Waals surface area contributed by atoms with Crippen LogP contribution in [0.4, 0.5) is 5.82 Å². The summed E-state index contributed by atoms with van der Waals surface area (Å²) in [6, 6.07) is 5.20. The first-order chi connectivity index (χ1) is 14.9. The third kappa shape index (κ3) is 6.44. The van der Waals surface area contributed by atoms with E-state index in [1.165, 1.54) is 0 Å². The second-order valence-corrected chi connectivity index (χ2v) is 6.45. The summed E-state index contributed by atoms with van der Waals surface area (Å²) in [4.78, 5) is 24.1. The molecule has 31 heavy (non-hydrogen) atoms. The van der Waals surface area contributed by atoms with Crippen molar-refractivity contribution in [3.05, 3.63) is 35.0 Å². The Kier molecular flexibility index (Phi) is 8.35. The fourth-order valence-electron chi connectivity index (χ4n) is 2.82. The molecule has 162 valence electrons. The number of H-pyrrole nitrogens is 1. The molecule has 2 heterocycles. The maximum Gasteiger partial charge on any atom is 0.298 e. The number of likely N-dealkylation sites (tertiary alicyclic amines) is 1. The number of nitrogen functional groups attached to an aromatic ring is 1.